The smallest absolute Gasteiger partial charge is 0.280 e. The lowest BCUT2D eigenvalue weighted by molar-refractivity contribution is 0.144. The van der Waals surface area contributed by atoms with Crippen molar-refractivity contribution in [2.75, 3.05) is 0 Å². The number of pyridine rings is 1. The summed E-state index contributed by atoms with van der Waals surface area (Å²) in [7, 11) is 0. The van der Waals surface area contributed by atoms with Crippen LogP contribution in [-0.4, -0.2) is 10.1 Å². The molecular formula is C8H7Cl2F2NO. The molecule has 0 saturated heterocycles. The number of halogens is 4. The predicted molar refractivity (Wildman–Crippen MR) is 49.7 cm³/mol. The van der Waals surface area contributed by atoms with Crippen molar-refractivity contribution < 1.29 is 13.9 Å². The Labute approximate surface area is 89.5 Å². The molecule has 0 aliphatic rings. The number of hydrogen-bond acceptors (Lipinski definition) is 2. The summed E-state index contributed by atoms with van der Waals surface area (Å²) in [6, 6.07) is 1.30. The zero-order chi connectivity index (χ0) is 10.7. The molecule has 0 aromatic carbocycles. The topological polar surface area (TPSA) is 33.1 Å². The summed E-state index contributed by atoms with van der Waals surface area (Å²) >= 11 is 11.1. The third-order valence-electron chi connectivity index (χ3n) is 1.66. The number of nitrogens with zero attached hydrogens (tertiary/aromatic N) is 1. The molecule has 0 saturated carbocycles. The summed E-state index contributed by atoms with van der Waals surface area (Å²) in [5, 5.41) is 8.91. The van der Waals surface area contributed by atoms with Crippen LogP contribution in [0.1, 0.15) is 23.4 Å². The third-order valence-corrected chi connectivity index (χ3v) is 2.28. The number of aliphatic hydroxyl groups is 1. The van der Waals surface area contributed by atoms with Crippen LogP contribution in [0.2, 0.25) is 5.02 Å². The van der Waals surface area contributed by atoms with Crippen LogP contribution in [-0.2, 0) is 12.5 Å². The summed E-state index contributed by atoms with van der Waals surface area (Å²) in [5.74, 6) is -0.0852. The molecule has 78 valence electrons. The van der Waals surface area contributed by atoms with Crippen molar-refractivity contribution in [1.82, 2.24) is 4.98 Å². The van der Waals surface area contributed by atoms with Crippen molar-refractivity contribution in [2.24, 2.45) is 0 Å². The second-order valence-corrected chi connectivity index (χ2v) is 3.23. The molecule has 0 bridgehead atoms. The lowest BCUT2D eigenvalue weighted by atomic mass is 10.2. The zero-order valence-electron chi connectivity index (χ0n) is 6.98. The molecule has 1 rings (SSSR count). The highest BCUT2D eigenvalue weighted by Gasteiger charge is 2.17. The minimum absolute atomic E-state index is 0.0378. The van der Waals surface area contributed by atoms with Gasteiger partial charge in [0.2, 0.25) is 0 Å². The van der Waals surface area contributed by atoms with Gasteiger partial charge in [0, 0.05) is 5.88 Å². The van der Waals surface area contributed by atoms with Gasteiger partial charge in [0.25, 0.3) is 6.43 Å². The first-order valence-electron chi connectivity index (χ1n) is 3.73. The van der Waals surface area contributed by atoms with E-state index in [1.165, 1.54) is 6.07 Å². The highest BCUT2D eigenvalue weighted by atomic mass is 35.5. The molecule has 1 aromatic rings. The Morgan fingerprint density at radius 2 is 2.14 bits per heavy atom. The first-order valence-corrected chi connectivity index (χ1v) is 4.64. The lowest BCUT2D eigenvalue weighted by Gasteiger charge is -2.08. The first kappa shape index (κ1) is 11.6. The molecule has 0 aliphatic heterocycles. The van der Waals surface area contributed by atoms with E-state index >= 15 is 0 Å². The van der Waals surface area contributed by atoms with E-state index in [2.05, 4.69) is 4.98 Å². The van der Waals surface area contributed by atoms with E-state index in [1.54, 1.807) is 0 Å². The lowest BCUT2D eigenvalue weighted by Crippen LogP contribution is -2.02. The van der Waals surface area contributed by atoms with Gasteiger partial charge in [-0.15, -0.1) is 11.6 Å². The summed E-state index contributed by atoms with van der Waals surface area (Å²) in [6.07, 6.45) is -2.72. The summed E-state index contributed by atoms with van der Waals surface area (Å²) in [4.78, 5) is 3.54. The molecule has 6 heteroatoms. The van der Waals surface area contributed by atoms with Gasteiger partial charge in [-0.3, -0.25) is 0 Å². The SMILES string of the molecule is OCc1nc(C(F)F)c(CCl)cc1Cl. The molecular weight excluding hydrogens is 235 g/mol. The van der Waals surface area contributed by atoms with E-state index in [-0.39, 0.29) is 22.2 Å². The molecule has 0 unspecified atom stereocenters. The number of aromatic nitrogens is 1. The molecule has 1 aromatic heterocycles. The van der Waals surface area contributed by atoms with E-state index in [0.717, 1.165) is 0 Å². The minimum Gasteiger partial charge on any atom is -0.390 e. The van der Waals surface area contributed by atoms with Crippen molar-refractivity contribution >= 4 is 23.2 Å². The van der Waals surface area contributed by atoms with Gasteiger partial charge in [0.15, 0.2) is 0 Å². The molecule has 0 aliphatic carbocycles. The second-order valence-electron chi connectivity index (χ2n) is 2.55. The van der Waals surface area contributed by atoms with Crippen LogP contribution in [0.5, 0.6) is 0 Å². The molecule has 0 amide bonds. The van der Waals surface area contributed by atoms with Gasteiger partial charge >= 0.3 is 0 Å². The maximum Gasteiger partial charge on any atom is 0.280 e. The number of alkyl halides is 3. The minimum atomic E-state index is -2.72. The molecule has 1 N–H and O–H groups in total. The molecule has 0 spiro atoms. The zero-order valence-corrected chi connectivity index (χ0v) is 8.49. The van der Waals surface area contributed by atoms with Crippen molar-refractivity contribution in [3.63, 3.8) is 0 Å². The van der Waals surface area contributed by atoms with Gasteiger partial charge in [0.1, 0.15) is 5.69 Å². The Balaban J connectivity index is 3.25. The van der Waals surface area contributed by atoms with Crippen LogP contribution in [0.3, 0.4) is 0 Å². The Hall–Kier alpha value is -0.450. The molecule has 0 fully saturated rings. The highest BCUT2D eigenvalue weighted by Crippen LogP contribution is 2.26. The van der Waals surface area contributed by atoms with Gasteiger partial charge in [-0.05, 0) is 11.6 Å². The van der Waals surface area contributed by atoms with Crippen molar-refractivity contribution in [3.8, 4) is 0 Å². The van der Waals surface area contributed by atoms with Gasteiger partial charge < -0.3 is 5.11 Å². The van der Waals surface area contributed by atoms with Crippen molar-refractivity contribution in [3.05, 3.63) is 28.0 Å². The highest BCUT2D eigenvalue weighted by molar-refractivity contribution is 6.31. The normalized spacial score (nSPS) is 11.0. The van der Waals surface area contributed by atoms with E-state index < -0.39 is 18.7 Å². The van der Waals surface area contributed by atoms with Crippen LogP contribution in [0.25, 0.3) is 0 Å². The summed E-state index contributed by atoms with van der Waals surface area (Å²) < 4.78 is 24.8. The number of aliphatic hydroxyl groups excluding tert-OH is 1. The van der Waals surface area contributed by atoms with Crippen LogP contribution in [0.15, 0.2) is 6.07 Å². The first-order chi connectivity index (χ1) is 6.60. The van der Waals surface area contributed by atoms with Gasteiger partial charge in [-0.25, -0.2) is 13.8 Å². The quantitative estimate of drug-likeness (QED) is 0.826. The van der Waals surface area contributed by atoms with Crippen molar-refractivity contribution in [1.29, 1.82) is 0 Å². The van der Waals surface area contributed by atoms with Gasteiger partial charge in [-0.2, -0.15) is 0 Å². The van der Waals surface area contributed by atoms with Crippen LogP contribution >= 0.6 is 23.2 Å². The largest absolute Gasteiger partial charge is 0.390 e. The molecule has 14 heavy (non-hydrogen) atoms. The monoisotopic (exact) mass is 241 g/mol. The maximum atomic E-state index is 12.4. The second kappa shape index (κ2) is 4.87. The fourth-order valence-electron chi connectivity index (χ4n) is 0.988. The van der Waals surface area contributed by atoms with E-state index in [9.17, 15) is 8.78 Å². The maximum absolute atomic E-state index is 12.4. The third kappa shape index (κ3) is 2.32. The predicted octanol–water partition coefficient (Wildman–Crippen LogP) is 2.90. The summed E-state index contributed by atoms with van der Waals surface area (Å²) in [6.45, 7) is -0.471. The Morgan fingerprint density at radius 1 is 1.50 bits per heavy atom. The standard InChI is InChI=1S/C8H7Cl2F2NO/c9-2-4-1-5(10)6(3-14)13-7(4)8(11)12/h1,8,14H,2-3H2. The Kier molecular flexibility index (Phi) is 4.04. The van der Waals surface area contributed by atoms with Crippen LogP contribution in [0.4, 0.5) is 8.78 Å². The van der Waals surface area contributed by atoms with E-state index in [0.29, 0.717) is 0 Å². The number of rotatable bonds is 3. The van der Waals surface area contributed by atoms with Crippen LogP contribution < -0.4 is 0 Å². The fourth-order valence-corrected chi connectivity index (χ4v) is 1.44. The number of hydrogen-bond donors (Lipinski definition) is 1. The molecule has 0 radical (unpaired) electrons. The Morgan fingerprint density at radius 3 is 2.57 bits per heavy atom. The van der Waals surface area contributed by atoms with Gasteiger partial charge in [0.05, 0.1) is 17.3 Å². The molecule has 2 nitrogen and oxygen atoms in total. The molecule has 1 heterocycles. The average molecular weight is 242 g/mol. The molecule has 0 atom stereocenters. The summed E-state index contributed by atoms with van der Waals surface area (Å²) in [5.41, 5.74) is -0.201. The average Bonchev–Trinajstić information content (AvgIpc) is 2.16. The van der Waals surface area contributed by atoms with E-state index in [1.807, 2.05) is 0 Å². The van der Waals surface area contributed by atoms with Crippen LogP contribution in [0, 0.1) is 0 Å². The van der Waals surface area contributed by atoms with Gasteiger partial charge in [-0.1, -0.05) is 11.6 Å². The Bertz CT molecular complexity index is 333. The van der Waals surface area contributed by atoms with Crippen molar-refractivity contribution in [2.45, 2.75) is 18.9 Å². The van der Waals surface area contributed by atoms with E-state index in [4.69, 9.17) is 28.3 Å². The fraction of sp³-hybridized carbons (Fsp3) is 0.375.